The molecule has 9 nitrogen and oxygen atoms in total. The van der Waals surface area contributed by atoms with Gasteiger partial charge in [0.2, 0.25) is 0 Å². The number of aromatic nitrogens is 3. The Morgan fingerprint density at radius 1 is 1.10 bits per heavy atom. The Morgan fingerprint density at radius 2 is 1.87 bits per heavy atom. The van der Waals surface area contributed by atoms with Crippen LogP contribution in [0.4, 0.5) is 0 Å². The van der Waals surface area contributed by atoms with Crippen LogP contribution in [0.1, 0.15) is 21.7 Å². The molecule has 0 aliphatic carbocycles. The monoisotopic (exact) mass is 411 g/mol. The van der Waals surface area contributed by atoms with Crippen molar-refractivity contribution in [3.63, 3.8) is 0 Å². The second-order valence-corrected chi connectivity index (χ2v) is 6.66. The fourth-order valence-electron chi connectivity index (χ4n) is 2.93. The predicted octanol–water partition coefficient (Wildman–Crippen LogP) is 2.36. The third-order valence-electron chi connectivity index (χ3n) is 4.65. The van der Waals surface area contributed by atoms with Gasteiger partial charge in [-0.2, -0.15) is 0 Å². The van der Waals surface area contributed by atoms with Crippen molar-refractivity contribution < 1.29 is 19.0 Å². The number of carbonyl (C=O) groups is 1. The Labute approximate surface area is 175 Å². The second kappa shape index (κ2) is 9.27. The molecule has 2 N–H and O–H groups in total. The van der Waals surface area contributed by atoms with Crippen LogP contribution < -0.4 is 19.9 Å². The molecule has 158 valence electrons. The second-order valence-electron chi connectivity index (χ2n) is 6.66. The van der Waals surface area contributed by atoms with Crippen LogP contribution in [0.3, 0.4) is 0 Å². The highest BCUT2D eigenvalue weighted by atomic mass is 16.5. The lowest BCUT2D eigenvalue weighted by atomic mass is 10.1. The molecule has 0 spiro atoms. The van der Waals surface area contributed by atoms with Crippen molar-refractivity contribution in [1.29, 1.82) is 0 Å². The van der Waals surface area contributed by atoms with E-state index in [1.165, 1.54) is 0 Å². The van der Waals surface area contributed by atoms with Gasteiger partial charge in [0, 0.05) is 37.8 Å². The van der Waals surface area contributed by atoms with E-state index in [0.29, 0.717) is 47.5 Å². The van der Waals surface area contributed by atoms with E-state index in [0.717, 1.165) is 5.56 Å². The minimum atomic E-state index is -0.179. The molecule has 0 bridgehead atoms. The van der Waals surface area contributed by atoms with E-state index >= 15 is 0 Å². The molecule has 30 heavy (non-hydrogen) atoms. The van der Waals surface area contributed by atoms with E-state index in [1.54, 1.807) is 67.4 Å². The van der Waals surface area contributed by atoms with Crippen molar-refractivity contribution >= 4 is 5.91 Å². The summed E-state index contributed by atoms with van der Waals surface area (Å²) in [6.07, 6.45) is 1.59. The molecule has 3 rings (SSSR count). The van der Waals surface area contributed by atoms with Gasteiger partial charge in [0.25, 0.3) is 5.91 Å². The Hall–Kier alpha value is -3.59. The average molecular weight is 411 g/mol. The first-order valence-electron chi connectivity index (χ1n) is 9.28. The smallest absolute Gasteiger partial charge is 0.254 e. The highest BCUT2D eigenvalue weighted by Gasteiger charge is 2.17. The topological polar surface area (TPSA) is 105 Å². The van der Waals surface area contributed by atoms with E-state index in [9.17, 15) is 4.79 Å². The van der Waals surface area contributed by atoms with Crippen molar-refractivity contribution in [1.82, 2.24) is 19.7 Å². The molecule has 3 aromatic rings. The summed E-state index contributed by atoms with van der Waals surface area (Å²) in [5.41, 5.74) is 7.05. The van der Waals surface area contributed by atoms with Gasteiger partial charge in [-0.25, -0.2) is 0 Å². The number of amides is 1. The largest absolute Gasteiger partial charge is 0.496 e. The number of benzene rings is 2. The maximum absolute atomic E-state index is 12.9. The lowest BCUT2D eigenvalue weighted by Gasteiger charge is -2.18. The number of hydrogen-bond acceptors (Lipinski definition) is 7. The number of rotatable bonds is 8. The van der Waals surface area contributed by atoms with Crippen LogP contribution in [-0.2, 0) is 20.1 Å². The van der Waals surface area contributed by atoms with Gasteiger partial charge in [0.15, 0.2) is 17.3 Å². The molecule has 1 amide bonds. The van der Waals surface area contributed by atoms with Crippen LogP contribution in [0.15, 0.2) is 42.7 Å². The maximum atomic E-state index is 12.9. The zero-order valence-corrected chi connectivity index (χ0v) is 17.5. The number of nitrogens with zero attached hydrogens (tertiary/aromatic N) is 4. The number of nitrogens with two attached hydrogens (primary N) is 1. The lowest BCUT2D eigenvalue weighted by molar-refractivity contribution is 0.0780. The molecule has 0 aliphatic rings. The summed E-state index contributed by atoms with van der Waals surface area (Å²) < 4.78 is 18.5. The third kappa shape index (κ3) is 4.52. The van der Waals surface area contributed by atoms with Gasteiger partial charge in [0.1, 0.15) is 17.8 Å². The van der Waals surface area contributed by atoms with Crippen LogP contribution in [0.2, 0.25) is 0 Å². The molecule has 9 heteroatoms. The third-order valence-corrected chi connectivity index (χ3v) is 4.65. The fraction of sp³-hybridized carbons (Fsp3) is 0.286. The highest BCUT2D eigenvalue weighted by molar-refractivity contribution is 5.94. The minimum Gasteiger partial charge on any atom is -0.496 e. The van der Waals surface area contributed by atoms with Gasteiger partial charge in [-0.15, -0.1) is 10.2 Å². The number of ether oxygens (including phenoxy) is 3. The molecule has 0 aliphatic heterocycles. The molecule has 0 fully saturated rings. The van der Waals surface area contributed by atoms with Crippen molar-refractivity contribution in [2.75, 3.05) is 21.3 Å². The van der Waals surface area contributed by atoms with Crippen LogP contribution in [0, 0.1) is 0 Å². The number of carbonyl (C=O) groups excluding carboxylic acids is 1. The number of aryl methyl sites for hydroxylation is 1. The van der Waals surface area contributed by atoms with Gasteiger partial charge < -0.3 is 29.4 Å². The molecule has 1 heterocycles. The summed E-state index contributed by atoms with van der Waals surface area (Å²) in [6.45, 7) is 0.684. The van der Waals surface area contributed by atoms with Gasteiger partial charge >= 0.3 is 0 Å². The van der Waals surface area contributed by atoms with Crippen molar-refractivity contribution in [3.05, 3.63) is 59.7 Å². The van der Waals surface area contributed by atoms with E-state index in [2.05, 4.69) is 10.2 Å². The van der Waals surface area contributed by atoms with Gasteiger partial charge in [-0.3, -0.25) is 4.79 Å². The number of hydrogen-bond donors (Lipinski definition) is 1. The summed E-state index contributed by atoms with van der Waals surface area (Å²) in [5.74, 6) is 2.59. The Bertz CT molecular complexity index is 1030. The molecular weight excluding hydrogens is 386 g/mol. The molecule has 0 atom stereocenters. The van der Waals surface area contributed by atoms with Crippen molar-refractivity contribution in [3.8, 4) is 23.0 Å². The molecule has 2 aromatic carbocycles. The normalized spacial score (nSPS) is 10.6. The first-order valence-corrected chi connectivity index (χ1v) is 9.28. The molecule has 0 saturated heterocycles. The molecule has 0 saturated carbocycles. The summed E-state index contributed by atoms with van der Waals surface area (Å²) in [4.78, 5) is 14.5. The molecular formula is C21H25N5O4. The van der Waals surface area contributed by atoms with E-state index in [-0.39, 0.29) is 5.91 Å². The summed E-state index contributed by atoms with van der Waals surface area (Å²) in [6, 6.07) is 10.4. The van der Waals surface area contributed by atoms with Gasteiger partial charge in [-0.05, 0) is 24.3 Å². The summed E-state index contributed by atoms with van der Waals surface area (Å²) in [7, 11) is 6.66. The minimum absolute atomic E-state index is 0.179. The van der Waals surface area contributed by atoms with E-state index in [4.69, 9.17) is 19.9 Å². The van der Waals surface area contributed by atoms with Crippen LogP contribution in [0.25, 0.3) is 0 Å². The van der Waals surface area contributed by atoms with Crippen LogP contribution in [0.5, 0.6) is 23.0 Å². The Balaban J connectivity index is 1.84. The first-order chi connectivity index (χ1) is 14.5. The zero-order chi connectivity index (χ0) is 21.7. The van der Waals surface area contributed by atoms with Crippen LogP contribution >= 0.6 is 0 Å². The highest BCUT2D eigenvalue weighted by Crippen LogP contribution is 2.35. The van der Waals surface area contributed by atoms with E-state index < -0.39 is 0 Å². The number of methoxy groups -OCH3 is 2. The average Bonchev–Trinajstić information content (AvgIpc) is 3.17. The molecule has 0 radical (unpaired) electrons. The van der Waals surface area contributed by atoms with Crippen LogP contribution in [-0.4, -0.2) is 46.8 Å². The first kappa shape index (κ1) is 21.1. The summed E-state index contributed by atoms with van der Waals surface area (Å²) in [5, 5.41) is 7.85. The Morgan fingerprint density at radius 3 is 2.50 bits per heavy atom. The molecule has 0 unspecified atom stereocenters. The van der Waals surface area contributed by atoms with Crippen molar-refractivity contribution in [2.45, 2.75) is 13.1 Å². The maximum Gasteiger partial charge on any atom is 0.254 e. The van der Waals surface area contributed by atoms with E-state index in [1.807, 2.05) is 13.1 Å². The SMILES string of the molecule is COc1cc(Oc2cc(C(=O)N(C)Cc3nncn3C)ccc2OC)ccc1CN. The Kier molecular flexibility index (Phi) is 6.53. The summed E-state index contributed by atoms with van der Waals surface area (Å²) >= 11 is 0. The van der Waals surface area contributed by atoms with Gasteiger partial charge in [0.05, 0.1) is 20.8 Å². The van der Waals surface area contributed by atoms with Crippen molar-refractivity contribution in [2.24, 2.45) is 12.8 Å². The van der Waals surface area contributed by atoms with Gasteiger partial charge in [-0.1, -0.05) is 6.07 Å². The lowest BCUT2D eigenvalue weighted by Crippen LogP contribution is -2.27. The standard InChI is InChI=1S/C21H25N5O4/c1-25(12-20-24-23-13-26(20)2)21(27)14-6-8-17(28-3)19(9-14)30-16-7-5-15(11-22)18(10-16)29-4/h5-10,13H,11-12,22H2,1-4H3. The predicted molar refractivity (Wildman–Crippen MR) is 111 cm³/mol. The quantitative estimate of drug-likeness (QED) is 0.607. The fourth-order valence-corrected chi connectivity index (χ4v) is 2.93. The zero-order valence-electron chi connectivity index (χ0n) is 17.5. The molecule has 1 aromatic heterocycles.